The van der Waals surface area contributed by atoms with Crippen molar-refractivity contribution in [3.8, 4) is 5.75 Å². The molecule has 116 valence electrons. The first kappa shape index (κ1) is 17.1. The second-order valence-electron chi connectivity index (χ2n) is 4.12. The van der Waals surface area contributed by atoms with Crippen LogP contribution in [0, 0.1) is 0 Å². The fourth-order valence-electron chi connectivity index (χ4n) is 1.67. The SMILES string of the molecule is CO[C@H](/C=C/C(=O)NO)[C@H](O)c1cccc(OCCO)c1. The molecule has 21 heavy (non-hydrogen) atoms. The lowest BCUT2D eigenvalue weighted by Crippen LogP contribution is -2.21. The number of amides is 1. The number of aliphatic hydroxyl groups excluding tert-OH is 2. The molecular weight excluding hydrogens is 278 g/mol. The van der Waals surface area contributed by atoms with Gasteiger partial charge in [-0.3, -0.25) is 10.0 Å². The van der Waals surface area contributed by atoms with Crippen molar-refractivity contribution in [3.05, 3.63) is 42.0 Å². The average molecular weight is 297 g/mol. The molecule has 1 aromatic carbocycles. The van der Waals surface area contributed by atoms with E-state index in [1.165, 1.54) is 18.7 Å². The van der Waals surface area contributed by atoms with Crippen LogP contribution in [-0.2, 0) is 9.53 Å². The van der Waals surface area contributed by atoms with Crippen LogP contribution >= 0.6 is 0 Å². The molecule has 7 heteroatoms. The third-order valence-corrected chi connectivity index (χ3v) is 2.69. The molecule has 0 saturated heterocycles. The highest BCUT2D eigenvalue weighted by Gasteiger charge is 2.18. The summed E-state index contributed by atoms with van der Waals surface area (Å²) >= 11 is 0. The van der Waals surface area contributed by atoms with E-state index in [9.17, 15) is 9.90 Å². The number of carbonyl (C=O) groups is 1. The Labute approximate surface area is 122 Å². The first-order valence-corrected chi connectivity index (χ1v) is 6.29. The lowest BCUT2D eigenvalue weighted by molar-refractivity contribution is -0.124. The smallest absolute Gasteiger partial charge is 0.267 e. The van der Waals surface area contributed by atoms with E-state index in [0.29, 0.717) is 11.3 Å². The molecule has 0 spiro atoms. The van der Waals surface area contributed by atoms with Crippen LogP contribution in [0.1, 0.15) is 11.7 Å². The van der Waals surface area contributed by atoms with Crippen molar-refractivity contribution in [1.82, 2.24) is 5.48 Å². The third kappa shape index (κ3) is 5.52. The van der Waals surface area contributed by atoms with Crippen LogP contribution in [0.2, 0.25) is 0 Å². The maximum Gasteiger partial charge on any atom is 0.267 e. The maximum absolute atomic E-state index is 10.9. The molecule has 2 atom stereocenters. The first-order chi connectivity index (χ1) is 10.1. The van der Waals surface area contributed by atoms with Gasteiger partial charge in [0, 0.05) is 13.2 Å². The van der Waals surface area contributed by atoms with Crippen molar-refractivity contribution in [1.29, 1.82) is 0 Å². The summed E-state index contributed by atoms with van der Waals surface area (Å²) in [5.41, 5.74) is 1.98. The van der Waals surface area contributed by atoms with Gasteiger partial charge in [0.15, 0.2) is 0 Å². The largest absolute Gasteiger partial charge is 0.491 e. The number of ether oxygens (including phenoxy) is 2. The van der Waals surface area contributed by atoms with Gasteiger partial charge in [-0.2, -0.15) is 0 Å². The lowest BCUT2D eigenvalue weighted by Gasteiger charge is -2.19. The number of nitrogens with one attached hydrogen (secondary N) is 1. The summed E-state index contributed by atoms with van der Waals surface area (Å²) in [6.45, 7) is 0.0519. The molecule has 0 aromatic heterocycles. The van der Waals surface area contributed by atoms with Crippen LogP contribution in [0.4, 0.5) is 0 Å². The molecule has 0 saturated carbocycles. The quantitative estimate of drug-likeness (QED) is 0.309. The van der Waals surface area contributed by atoms with Crippen LogP contribution in [0.3, 0.4) is 0 Å². The molecule has 1 amide bonds. The Kier molecular flexibility index (Phi) is 7.41. The number of hydrogen-bond donors (Lipinski definition) is 4. The number of carbonyl (C=O) groups excluding carboxylic acids is 1. The standard InChI is InChI=1S/C14H19NO6/c1-20-12(5-6-13(17)15-19)14(18)10-3-2-4-11(9-10)21-8-7-16/h2-6,9,12,14,16,18-19H,7-8H2,1H3,(H,15,17)/b6-5+/t12-,14-/m1/s1. The normalized spacial score (nSPS) is 13.9. The predicted octanol–water partition coefficient (Wildman–Crippen LogP) is 0.168. The highest BCUT2D eigenvalue weighted by Crippen LogP contribution is 2.23. The number of aliphatic hydroxyl groups is 2. The molecule has 0 aliphatic heterocycles. The Morgan fingerprint density at radius 1 is 1.48 bits per heavy atom. The molecule has 0 aliphatic rings. The fraction of sp³-hybridized carbons (Fsp3) is 0.357. The zero-order chi connectivity index (χ0) is 15.7. The molecule has 1 aromatic rings. The van der Waals surface area contributed by atoms with Crippen LogP contribution in [0.25, 0.3) is 0 Å². The van der Waals surface area contributed by atoms with Crippen molar-refractivity contribution in [3.63, 3.8) is 0 Å². The van der Waals surface area contributed by atoms with E-state index in [4.69, 9.17) is 19.8 Å². The minimum absolute atomic E-state index is 0.105. The summed E-state index contributed by atoms with van der Waals surface area (Å²) in [5, 5.41) is 27.4. The van der Waals surface area contributed by atoms with E-state index in [-0.39, 0.29) is 13.2 Å². The van der Waals surface area contributed by atoms with Gasteiger partial charge in [-0.05, 0) is 23.8 Å². The summed E-state index contributed by atoms with van der Waals surface area (Å²) in [6.07, 6.45) is 0.604. The number of hydrogen-bond acceptors (Lipinski definition) is 6. The zero-order valence-corrected chi connectivity index (χ0v) is 11.6. The number of methoxy groups -OCH3 is 1. The van der Waals surface area contributed by atoms with Crippen LogP contribution in [0.15, 0.2) is 36.4 Å². The van der Waals surface area contributed by atoms with Gasteiger partial charge in [0.2, 0.25) is 0 Å². The Morgan fingerprint density at radius 2 is 2.24 bits per heavy atom. The van der Waals surface area contributed by atoms with E-state index in [2.05, 4.69) is 0 Å². The van der Waals surface area contributed by atoms with Crippen molar-refractivity contribution in [2.45, 2.75) is 12.2 Å². The van der Waals surface area contributed by atoms with Crippen molar-refractivity contribution < 1.29 is 29.7 Å². The molecule has 0 aliphatic carbocycles. The van der Waals surface area contributed by atoms with Crippen LogP contribution < -0.4 is 10.2 Å². The van der Waals surface area contributed by atoms with E-state index >= 15 is 0 Å². The number of hydroxylamine groups is 1. The molecule has 0 radical (unpaired) electrons. The summed E-state index contributed by atoms with van der Waals surface area (Å²) in [5.74, 6) is -0.211. The van der Waals surface area contributed by atoms with Gasteiger partial charge in [-0.15, -0.1) is 0 Å². The van der Waals surface area contributed by atoms with Crippen molar-refractivity contribution in [2.75, 3.05) is 20.3 Å². The van der Waals surface area contributed by atoms with Gasteiger partial charge in [0.25, 0.3) is 5.91 Å². The van der Waals surface area contributed by atoms with Gasteiger partial charge >= 0.3 is 0 Å². The second kappa shape index (κ2) is 9.09. The van der Waals surface area contributed by atoms with Gasteiger partial charge < -0.3 is 19.7 Å². The Balaban J connectivity index is 2.81. The summed E-state index contributed by atoms with van der Waals surface area (Å²) in [6, 6.07) is 6.69. The van der Waals surface area contributed by atoms with Crippen molar-refractivity contribution in [2.24, 2.45) is 0 Å². The minimum atomic E-state index is -1.02. The molecular formula is C14H19NO6. The summed E-state index contributed by atoms with van der Waals surface area (Å²) in [4.78, 5) is 10.9. The highest BCUT2D eigenvalue weighted by molar-refractivity contribution is 5.86. The Morgan fingerprint density at radius 3 is 2.86 bits per heavy atom. The number of rotatable bonds is 8. The summed E-state index contributed by atoms with van der Waals surface area (Å²) in [7, 11) is 1.39. The number of benzene rings is 1. The van der Waals surface area contributed by atoms with E-state index in [0.717, 1.165) is 6.08 Å². The van der Waals surface area contributed by atoms with E-state index in [1.54, 1.807) is 24.3 Å². The molecule has 0 heterocycles. The van der Waals surface area contributed by atoms with Crippen LogP contribution in [0.5, 0.6) is 5.75 Å². The van der Waals surface area contributed by atoms with E-state index < -0.39 is 18.1 Å². The van der Waals surface area contributed by atoms with Gasteiger partial charge in [-0.1, -0.05) is 12.1 Å². The molecule has 0 fully saturated rings. The highest BCUT2D eigenvalue weighted by atomic mass is 16.5. The van der Waals surface area contributed by atoms with Gasteiger partial charge in [-0.25, -0.2) is 5.48 Å². The molecule has 4 N–H and O–H groups in total. The van der Waals surface area contributed by atoms with E-state index in [1.807, 2.05) is 0 Å². The van der Waals surface area contributed by atoms with Gasteiger partial charge in [0.1, 0.15) is 24.6 Å². The topological polar surface area (TPSA) is 108 Å². The Bertz CT molecular complexity index is 476. The van der Waals surface area contributed by atoms with Gasteiger partial charge in [0.05, 0.1) is 6.61 Å². The maximum atomic E-state index is 10.9. The third-order valence-electron chi connectivity index (χ3n) is 2.69. The lowest BCUT2D eigenvalue weighted by atomic mass is 10.0. The predicted molar refractivity (Wildman–Crippen MR) is 73.8 cm³/mol. The fourth-order valence-corrected chi connectivity index (χ4v) is 1.67. The first-order valence-electron chi connectivity index (χ1n) is 6.29. The molecule has 7 nitrogen and oxygen atoms in total. The Hall–Kier alpha value is -1.93. The second-order valence-corrected chi connectivity index (χ2v) is 4.12. The monoisotopic (exact) mass is 297 g/mol. The molecule has 0 unspecified atom stereocenters. The van der Waals surface area contributed by atoms with Crippen molar-refractivity contribution >= 4 is 5.91 Å². The molecule has 0 bridgehead atoms. The minimum Gasteiger partial charge on any atom is -0.491 e. The average Bonchev–Trinajstić information content (AvgIpc) is 2.53. The zero-order valence-electron chi connectivity index (χ0n) is 11.6. The molecule has 1 rings (SSSR count). The summed E-state index contributed by atoms with van der Waals surface area (Å²) < 4.78 is 10.4. The van der Waals surface area contributed by atoms with Crippen LogP contribution in [-0.4, -0.2) is 47.8 Å².